The van der Waals surface area contributed by atoms with Crippen LogP contribution >= 0.6 is 0 Å². The third-order valence-electron chi connectivity index (χ3n) is 4.27. The molecule has 0 spiro atoms. The Morgan fingerprint density at radius 3 is 2.52 bits per heavy atom. The number of fused-ring (bicyclic) bond motifs is 1. The summed E-state index contributed by atoms with van der Waals surface area (Å²) in [5, 5.41) is 22.2. The largest absolute Gasteiger partial charge is 0.359 e. The van der Waals surface area contributed by atoms with E-state index in [1.54, 1.807) is 0 Å². The first-order chi connectivity index (χ1) is 11.0. The molecule has 3 rings (SSSR count). The number of nitro groups is 2. The maximum Gasteiger partial charge on any atom is 0.299 e. The van der Waals surface area contributed by atoms with Crippen molar-refractivity contribution in [3.63, 3.8) is 0 Å². The minimum absolute atomic E-state index is 0.0277. The van der Waals surface area contributed by atoms with E-state index < -0.39 is 9.85 Å². The minimum Gasteiger partial charge on any atom is -0.359 e. The molecular weight excluding hydrogens is 298 g/mol. The van der Waals surface area contributed by atoms with Crippen LogP contribution in [0.1, 0.15) is 24.1 Å². The predicted octanol–water partition coefficient (Wildman–Crippen LogP) is 3.63. The van der Waals surface area contributed by atoms with E-state index in [0.717, 1.165) is 18.1 Å². The molecule has 1 unspecified atom stereocenters. The smallest absolute Gasteiger partial charge is 0.299 e. The number of anilines is 1. The van der Waals surface area contributed by atoms with Gasteiger partial charge in [-0.15, -0.1) is 0 Å². The molecular formula is C16H15N3O4. The van der Waals surface area contributed by atoms with Gasteiger partial charge in [-0.05, 0) is 30.5 Å². The number of nitrogens with zero attached hydrogens (tertiary/aromatic N) is 3. The SMILES string of the molecule is CC1c2ccccc2CCN1c1ccc([N+](=O)[O-])cc1[N+](=O)[O-]. The van der Waals surface area contributed by atoms with Gasteiger partial charge in [0, 0.05) is 12.6 Å². The zero-order chi connectivity index (χ0) is 16.6. The summed E-state index contributed by atoms with van der Waals surface area (Å²) in [5.41, 5.74) is 2.28. The predicted molar refractivity (Wildman–Crippen MR) is 85.7 cm³/mol. The first-order valence-corrected chi connectivity index (χ1v) is 7.26. The van der Waals surface area contributed by atoms with Crippen LogP contribution in [0.5, 0.6) is 0 Å². The van der Waals surface area contributed by atoms with Gasteiger partial charge in [0.2, 0.25) is 0 Å². The second kappa shape index (κ2) is 5.68. The Balaban J connectivity index is 2.05. The average Bonchev–Trinajstić information content (AvgIpc) is 2.55. The first-order valence-electron chi connectivity index (χ1n) is 7.26. The molecule has 2 aromatic rings. The zero-order valence-corrected chi connectivity index (χ0v) is 12.5. The highest BCUT2D eigenvalue weighted by atomic mass is 16.6. The van der Waals surface area contributed by atoms with Crippen molar-refractivity contribution in [1.29, 1.82) is 0 Å². The lowest BCUT2D eigenvalue weighted by molar-refractivity contribution is -0.393. The summed E-state index contributed by atoms with van der Waals surface area (Å²) in [6, 6.07) is 11.8. The van der Waals surface area contributed by atoms with E-state index in [-0.39, 0.29) is 17.4 Å². The fourth-order valence-electron chi connectivity index (χ4n) is 3.12. The van der Waals surface area contributed by atoms with Crippen LogP contribution in [-0.2, 0) is 6.42 Å². The van der Waals surface area contributed by atoms with Gasteiger partial charge in [0.1, 0.15) is 5.69 Å². The molecule has 1 aliphatic rings. The van der Waals surface area contributed by atoms with Gasteiger partial charge in [-0.25, -0.2) is 0 Å². The Labute approximate surface area is 132 Å². The molecule has 118 valence electrons. The highest BCUT2D eigenvalue weighted by molar-refractivity contribution is 5.68. The number of non-ortho nitro benzene ring substituents is 1. The Bertz CT molecular complexity index is 791. The second-order valence-corrected chi connectivity index (χ2v) is 5.51. The monoisotopic (exact) mass is 313 g/mol. The highest BCUT2D eigenvalue weighted by Crippen LogP contribution is 2.39. The van der Waals surface area contributed by atoms with Crippen LogP contribution in [0.15, 0.2) is 42.5 Å². The third kappa shape index (κ3) is 2.61. The molecule has 0 fully saturated rings. The molecule has 0 saturated carbocycles. The number of hydrogen-bond donors (Lipinski definition) is 0. The van der Waals surface area contributed by atoms with Gasteiger partial charge in [0.15, 0.2) is 0 Å². The molecule has 0 N–H and O–H groups in total. The number of rotatable bonds is 3. The maximum atomic E-state index is 11.3. The number of nitro benzene ring substituents is 2. The van der Waals surface area contributed by atoms with E-state index in [0.29, 0.717) is 12.2 Å². The maximum absolute atomic E-state index is 11.3. The van der Waals surface area contributed by atoms with E-state index in [2.05, 4.69) is 6.07 Å². The van der Waals surface area contributed by atoms with Crippen molar-refractivity contribution in [2.24, 2.45) is 0 Å². The van der Waals surface area contributed by atoms with Gasteiger partial charge >= 0.3 is 0 Å². The van der Waals surface area contributed by atoms with Crippen molar-refractivity contribution in [2.45, 2.75) is 19.4 Å². The molecule has 0 aliphatic carbocycles. The van der Waals surface area contributed by atoms with Crippen molar-refractivity contribution < 1.29 is 9.85 Å². The molecule has 1 heterocycles. The zero-order valence-electron chi connectivity index (χ0n) is 12.5. The average molecular weight is 313 g/mol. The van der Waals surface area contributed by atoms with E-state index in [9.17, 15) is 20.2 Å². The minimum atomic E-state index is -0.619. The van der Waals surface area contributed by atoms with Crippen LogP contribution < -0.4 is 4.90 Å². The molecule has 1 atom stereocenters. The molecule has 7 nitrogen and oxygen atoms in total. The van der Waals surface area contributed by atoms with E-state index in [1.165, 1.54) is 17.7 Å². The lowest BCUT2D eigenvalue weighted by Crippen LogP contribution is -2.34. The van der Waals surface area contributed by atoms with Crippen LogP contribution in [0.4, 0.5) is 17.1 Å². The topological polar surface area (TPSA) is 89.5 Å². The van der Waals surface area contributed by atoms with Gasteiger partial charge in [-0.3, -0.25) is 20.2 Å². The molecule has 0 amide bonds. The first kappa shape index (κ1) is 15.0. The third-order valence-corrected chi connectivity index (χ3v) is 4.27. The van der Waals surface area contributed by atoms with E-state index in [1.807, 2.05) is 30.0 Å². The highest BCUT2D eigenvalue weighted by Gasteiger charge is 2.30. The fourth-order valence-corrected chi connectivity index (χ4v) is 3.12. The summed E-state index contributed by atoms with van der Waals surface area (Å²) in [7, 11) is 0. The molecule has 0 aromatic heterocycles. The van der Waals surface area contributed by atoms with Gasteiger partial charge in [0.25, 0.3) is 11.4 Å². The summed E-state index contributed by atoms with van der Waals surface area (Å²) in [5.74, 6) is 0. The Morgan fingerprint density at radius 1 is 1.09 bits per heavy atom. The molecule has 1 aliphatic heterocycles. The Hall–Kier alpha value is -2.96. The van der Waals surface area contributed by atoms with Gasteiger partial charge in [-0.1, -0.05) is 24.3 Å². The van der Waals surface area contributed by atoms with Crippen molar-refractivity contribution in [1.82, 2.24) is 0 Å². The lowest BCUT2D eigenvalue weighted by Gasteiger charge is -2.36. The Kier molecular flexibility index (Phi) is 3.69. The van der Waals surface area contributed by atoms with E-state index in [4.69, 9.17) is 0 Å². The van der Waals surface area contributed by atoms with Gasteiger partial charge < -0.3 is 4.90 Å². The number of hydrogen-bond acceptors (Lipinski definition) is 5. The summed E-state index contributed by atoms with van der Waals surface area (Å²) in [6.45, 7) is 2.62. The molecule has 23 heavy (non-hydrogen) atoms. The molecule has 2 aromatic carbocycles. The standard InChI is InChI=1S/C16H15N3O4/c1-11-14-5-3-2-4-12(14)8-9-17(11)15-7-6-13(18(20)21)10-16(15)19(22)23/h2-7,10-11H,8-9H2,1H3. The molecule has 0 radical (unpaired) electrons. The molecule has 0 bridgehead atoms. The van der Waals surface area contributed by atoms with Crippen LogP contribution in [0.25, 0.3) is 0 Å². The molecule has 0 saturated heterocycles. The Morgan fingerprint density at radius 2 is 1.83 bits per heavy atom. The quantitative estimate of drug-likeness (QED) is 0.637. The van der Waals surface area contributed by atoms with Crippen LogP contribution in [-0.4, -0.2) is 16.4 Å². The van der Waals surface area contributed by atoms with Crippen LogP contribution in [0.2, 0.25) is 0 Å². The summed E-state index contributed by atoms with van der Waals surface area (Å²) < 4.78 is 0. The number of benzene rings is 2. The van der Waals surface area contributed by atoms with Crippen LogP contribution in [0, 0.1) is 20.2 Å². The van der Waals surface area contributed by atoms with Crippen molar-refractivity contribution in [2.75, 3.05) is 11.4 Å². The van der Waals surface area contributed by atoms with Gasteiger partial charge in [-0.2, -0.15) is 0 Å². The van der Waals surface area contributed by atoms with Crippen molar-refractivity contribution in [3.8, 4) is 0 Å². The lowest BCUT2D eigenvalue weighted by atomic mass is 9.93. The van der Waals surface area contributed by atoms with Crippen molar-refractivity contribution >= 4 is 17.1 Å². The fraction of sp³-hybridized carbons (Fsp3) is 0.250. The normalized spacial score (nSPS) is 16.7. The van der Waals surface area contributed by atoms with Crippen molar-refractivity contribution in [3.05, 3.63) is 73.8 Å². The van der Waals surface area contributed by atoms with Crippen LogP contribution in [0.3, 0.4) is 0 Å². The van der Waals surface area contributed by atoms with Gasteiger partial charge in [0.05, 0.1) is 22.0 Å². The van der Waals surface area contributed by atoms with E-state index >= 15 is 0 Å². The second-order valence-electron chi connectivity index (χ2n) is 5.51. The summed E-state index contributed by atoms with van der Waals surface area (Å²) in [4.78, 5) is 23.0. The summed E-state index contributed by atoms with van der Waals surface area (Å²) in [6.07, 6.45) is 0.786. The summed E-state index contributed by atoms with van der Waals surface area (Å²) >= 11 is 0. The molecule has 7 heteroatoms.